The molecular weight excluding hydrogens is 242 g/mol. The minimum atomic E-state index is -0.523. The number of methoxy groups -OCH3 is 1. The third-order valence-electron chi connectivity index (χ3n) is 2.88. The molecule has 1 aromatic carbocycles. The minimum absolute atomic E-state index is 0.00323. The third-order valence-corrected chi connectivity index (χ3v) is 2.88. The molecule has 0 spiro atoms. The maximum Gasteiger partial charge on any atom is 0.0945 e. The molecule has 4 nitrogen and oxygen atoms in total. The first-order chi connectivity index (χ1) is 9.15. The summed E-state index contributed by atoms with van der Waals surface area (Å²) in [4.78, 5) is 0. The van der Waals surface area contributed by atoms with E-state index in [0.717, 1.165) is 12.1 Å². The maximum absolute atomic E-state index is 9.80. The average molecular weight is 267 g/mol. The number of benzene rings is 1. The Labute approximate surface area is 115 Å². The zero-order valence-electron chi connectivity index (χ0n) is 12.1. The summed E-state index contributed by atoms with van der Waals surface area (Å²) in [5, 5.41) is 13.0. The summed E-state index contributed by atoms with van der Waals surface area (Å²) in [7, 11) is 1.64. The fourth-order valence-electron chi connectivity index (χ4n) is 1.71. The molecule has 2 N–H and O–H groups in total. The second-order valence-corrected chi connectivity index (χ2v) is 4.68. The van der Waals surface area contributed by atoms with Gasteiger partial charge in [-0.1, -0.05) is 19.1 Å². The molecule has 0 aliphatic heterocycles. The van der Waals surface area contributed by atoms with Gasteiger partial charge in [-0.3, -0.25) is 0 Å². The number of aryl methyl sites for hydroxylation is 1. The molecule has 0 aliphatic carbocycles. The lowest BCUT2D eigenvalue weighted by atomic mass is 10.1. The molecule has 0 radical (unpaired) electrons. The third kappa shape index (κ3) is 6.57. The van der Waals surface area contributed by atoms with Crippen molar-refractivity contribution in [1.29, 1.82) is 0 Å². The molecule has 2 atom stereocenters. The van der Waals surface area contributed by atoms with E-state index in [1.165, 1.54) is 5.56 Å². The number of aliphatic hydroxyl groups excluding tert-OH is 1. The predicted octanol–water partition coefficient (Wildman–Crippen LogP) is 2.07. The molecule has 2 unspecified atom stereocenters. The number of rotatable bonds is 9. The maximum atomic E-state index is 9.80. The van der Waals surface area contributed by atoms with E-state index in [4.69, 9.17) is 9.47 Å². The van der Waals surface area contributed by atoms with E-state index >= 15 is 0 Å². The molecule has 0 heterocycles. The summed E-state index contributed by atoms with van der Waals surface area (Å²) in [6.07, 6.45) is 0.516. The van der Waals surface area contributed by atoms with Gasteiger partial charge in [0.25, 0.3) is 0 Å². The van der Waals surface area contributed by atoms with Crippen molar-refractivity contribution in [2.45, 2.75) is 32.5 Å². The van der Waals surface area contributed by atoms with Gasteiger partial charge < -0.3 is 19.9 Å². The molecule has 0 saturated carbocycles. The van der Waals surface area contributed by atoms with Crippen molar-refractivity contribution in [3.05, 3.63) is 29.8 Å². The fraction of sp³-hybridized carbons (Fsp3) is 0.600. The van der Waals surface area contributed by atoms with E-state index in [0.29, 0.717) is 19.8 Å². The highest BCUT2D eigenvalue weighted by Crippen LogP contribution is 2.09. The molecule has 1 aromatic rings. The van der Waals surface area contributed by atoms with Gasteiger partial charge in [0.15, 0.2) is 0 Å². The minimum Gasteiger partial charge on any atom is -0.389 e. The molecule has 0 amide bonds. The Bertz CT molecular complexity index is 340. The van der Waals surface area contributed by atoms with Crippen molar-refractivity contribution in [2.24, 2.45) is 0 Å². The van der Waals surface area contributed by atoms with Gasteiger partial charge in [0.05, 0.1) is 25.4 Å². The predicted molar refractivity (Wildman–Crippen MR) is 77.6 cm³/mol. The highest BCUT2D eigenvalue weighted by atomic mass is 16.5. The summed E-state index contributed by atoms with van der Waals surface area (Å²) in [6.45, 7) is 5.38. The van der Waals surface area contributed by atoms with Gasteiger partial charge in [-0.05, 0) is 31.0 Å². The lowest BCUT2D eigenvalue weighted by Gasteiger charge is -2.16. The van der Waals surface area contributed by atoms with E-state index < -0.39 is 6.10 Å². The molecular formula is C15H25NO3. The van der Waals surface area contributed by atoms with Crippen LogP contribution in [-0.4, -0.2) is 44.2 Å². The van der Waals surface area contributed by atoms with Crippen LogP contribution < -0.4 is 5.32 Å². The number of nitrogens with one attached hydrogen (secondary N) is 1. The van der Waals surface area contributed by atoms with Gasteiger partial charge in [0.1, 0.15) is 0 Å². The Morgan fingerprint density at radius 2 is 1.89 bits per heavy atom. The first-order valence-electron chi connectivity index (χ1n) is 6.77. The Balaban J connectivity index is 2.23. The van der Waals surface area contributed by atoms with Crippen molar-refractivity contribution in [2.75, 3.05) is 32.2 Å². The molecule has 108 valence electrons. The second kappa shape index (κ2) is 8.91. The Kier molecular flexibility index (Phi) is 7.48. The lowest BCUT2D eigenvalue weighted by molar-refractivity contribution is -0.0282. The molecule has 1 rings (SSSR count). The van der Waals surface area contributed by atoms with E-state index in [9.17, 15) is 5.11 Å². The standard InChI is InChI=1S/C15H25NO3/c1-4-13-5-7-14(8-6-13)16-9-15(17)11-19-12(2)10-18-3/h5-8,12,15-17H,4,9-11H2,1-3H3. The Hall–Kier alpha value is -1.10. The van der Waals surface area contributed by atoms with Crippen LogP contribution >= 0.6 is 0 Å². The molecule has 0 saturated heterocycles. The Morgan fingerprint density at radius 3 is 2.47 bits per heavy atom. The molecule has 19 heavy (non-hydrogen) atoms. The summed E-state index contributed by atoms with van der Waals surface area (Å²) >= 11 is 0. The van der Waals surface area contributed by atoms with E-state index in [1.54, 1.807) is 7.11 Å². The first kappa shape index (κ1) is 16.0. The second-order valence-electron chi connectivity index (χ2n) is 4.68. The fourth-order valence-corrected chi connectivity index (χ4v) is 1.71. The van der Waals surface area contributed by atoms with Crippen molar-refractivity contribution in [1.82, 2.24) is 0 Å². The van der Waals surface area contributed by atoms with Crippen LogP contribution in [0.1, 0.15) is 19.4 Å². The zero-order valence-corrected chi connectivity index (χ0v) is 12.1. The van der Waals surface area contributed by atoms with Crippen LogP contribution in [0.5, 0.6) is 0 Å². The zero-order chi connectivity index (χ0) is 14.1. The van der Waals surface area contributed by atoms with Crippen molar-refractivity contribution < 1.29 is 14.6 Å². The number of ether oxygens (including phenoxy) is 2. The van der Waals surface area contributed by atoms with Gasteiger partial charge in [-0.25, -0.2) is 0 Å². The summed E-state index contributed by atoms with van der Waals surface area (Å²) in [6, 6.07) is 8.23. The van der Waals surface area contributed by atoms with Gasteiger partial charge in [0.2, 0.25) is 0 Å². The van der Waals surface area contributed by atoms with Crippen molar-refractivity contribution in [3.63, 3.8) is 0 Å². The van der Waals surface area contributed by atoms with Crippen LogP contribution in [0.2, 0.25) is 0 Å². The van der Waals surface area contributed by atoms with Crippen LogP contribution in [0, 0.1) is 0 Å². The van der Waals surface area contributed by atoms with Crippen LogP contribution in [0.4, 0.5) is 5.69 Å². The van der Waals surface area contributed by atoms with Crippen LogP contribution in [0.15, 0.2) is 24.3 Å². The van der Waals surface area contributed by atoms with Crippen molar-refractivity contribution >= 4 is 5.69 Å². The molecule has 0 fully saturated rings. The number of hydrogen-bond donors (Lipinski definition) is 2. The lowest BCUT2D eigenvalue weighted by Crippen LogP contribution is -2.28. The summed E-state index contributed by atoms with van der Waals surface area (Å²) in [5.41, 5.74) is 2.32. The molecule has 0 aromatic heterocycles. The first-order valence-corrected chi connectivity index (χ1v) is 6.77. The van der Waals surface area contributed by atoms with Crippen LogP contribution in [0.3, 0.4) is 0 Å². The largest absolute Gasteiger partial charge is 0.389 e. The monoisotopic (exact) mass is 267 g/mol. The van der Waals surface area contributed by atoms with E-state index in [-0.39, 0.29) is 6.10 Å². The molecule has 4 heteroatoms. The van der Waals surface area contributed by atoms with Crippen molar-refractivity contribution in [3.8, 4) is 0 Å². The van der Waals surface area contributed by atoms with E-state index in [1.807, 2.05) is 19.1 Å². The normalized spacial score (nSPS) is 14.1. The van der Waals surface area contributed by atoms with Gasteiger partial charge in [-0.2, -0.15) is 0 Å². The average Bonchev–Trinajstić information content (AvgIpc) is 2.44. The van der Waals surface area contributed by atoms with Gasteiger partial charge in [-0.15, -0.1) is 0 Å². The topological polar surface area (TPSA) is 50.7 Å². The number of aliphatic hydroxyl groups is 1. The smallest absolute Gasteiger partial charge is 0.0945 e. The van der Waals surface area contributed by atoms with Gasteiger partial charge in [0, 0.05) is 19.3 Å². The van der Waals surface area contributed by atoms with Gasteiger partial charge >= 0.3 is 0 Å². The Morgan fingerprint density at radius 1 is 1.21 bits per heavy atom. The molecule has 0 bridgehead atoms. The summed E-state index contributed by atoms with van der Waals surface area (Å²) < 4.78 is 10.4. The number of hydrogen-bond acceptors (Lipinski definition) is 4. The highest BCUT2D eigenvalue weighted by molar-refractivity contribution is 5.44. The number of anilines is 1. The summed E-state index contributed by atoms with van der Waals surface area (Å²) in [5.74, 6) is 0. The highest BCUT2D eigenvalue weighted by Gasteiger charge is 2.07. The van der Waals surface area contributed by atoms with E-state index in [2.05, 4.69) is 24.4 Å². The SMILES string of the molecule is CCc1ccc(NCC(O)COC(C)COC)cc1. The van der Waals surface area contributed by atoms with Crippen LogP contribution in [-0.2, 0) is 15.9 Å². The quantitative estimate of drug-likeness (QED) is 0.719. The van der Waals surface area contributed by atoms with Crippen LogP contribution in [0.25, 0.3) is 0 Å². The molecule has 0 aliphatic rings.